The van der Waals surface area contributed by atoms with Gasteiger partial charge in [-0.3, -0.25) is 4.79 Å². The van der Waals surface area contributed by atoms with Gasteiger partial charge in [-0.25, -0.2) is 8.42 Å². The van der Waals surface area contributed by atoms with Gasteiger partial charge in [-0.2, -0.15) is 0 Å². The van der Waals surface area contributed by atoms with Crippen molar-refractivity contribution in [2.24, 2.45) is 0 Å². The molecule has 0 radical (unpaired) electrons. The largest absolute Gasteiger partial charge is 0.468 e. The molecule has 6 heteroatoms. The number of hydrogen-bond donors (Lipinski definition) is 0. The molecule has 1 aromatic rings. The van der Waals surface area contributed by atoms with Crippen LogP contribution in [0, 0.1) is 6.92 Å². The number of aryl methyl sites for hydroxylation is 1. The first-order chi connectivity index (χ1) is 7.45. The summed E-state index contributed by atoms with van der Waals surface area (Å²) in [6, 6.07) is 6.47. The van der Waals surface area contributed by atoms with Crippen molar-refractivity contribution in [2.45, 2.75) is 11.8 Å². The van der Waals surface area contributed by atoms with Crippen molar-refractivity contribution in [1.82, 2.24) is 0 Å². The number of rotatable bonds is 4. The minimum atomic E-state index is -3.47. The van der Waals surface area contributed by atoms with Crippen LogP contribution in [-0.4, -0.2) is 27.2 Å². The van der Waals surface area contributed by atoms with E-state index < -0.39 is 14.8 Å². The highest BCUT2D eigenvalue weighted by molar-refractivity contribution is 8.72. The van der Waals surface area contributed by atoms with Gasteiger partial charge in [-0.1, -0.05) is 17.7 Å². The molecule has 0 bridgehead atoms. The summed E-state index contributed by atoms with van der Waals surface area (Å²) in [6.07, 6.45) is 0. The van der Waals surface area contributed by atoms with Crippen LogP contribution in [0.4, 0.5) is 0 Å². The predicted molar refractivity (Wildman–Crippen MR) is 62.8 cm³/mol. The second-order valence-corrected chi connectivity index (χ2v) is 7.03. The minimum Gasteiger partial charge on any atom is -0.468 e. The smallest absolute Gasteiger partial charge is 0.316 e. The molecule has 0 spiro atoms. The summed E-state index contributed by atoms with van der Waals surface area (Å²) in [6.45, 7) is 1.87. The molecule has 0 aliphatic rings. The van der Waals surface area contributed by atoms with E-state index in [9.17, 15) is 13.2 Å². The Balaban J connectivity index is 2.78. The lowest BCUT2D eigenvalue weighted by molar-refractivity contribution is -0.137. The van der Waals surface area contributed by atoms with Crippen molar-refractivity contribution < 1.29 is 17.9 Å². The van der Waals surface area contributed by atoms with E-state index in [4.69, 9.17) is 0 Å². The number of carbonyl (C=O) groups is 1. The van der Waals surface area contributed by atoms with Crippen LogP contribution in [0.3, 0.4) is 0 Å². The van der Waals surface area contributed by atoms with Gasteiger partial charge in [0.05, 0.1) is 12.0 Å². The highest BCUT2D eigenvalue weighted by Crippen LogP contribution is 2.23. The molecule has 1 aromatic carbocycles. The first kappa shape index (κ1) is 13.1. The third-order valence-electron chi connectivity index (χ3n) is 1.87. The zero-order valence-electron chi connectivity index (χ0n) is 8.97. The molecule has 0 atom stereocenters. The van der Waals surface area contributed by atoms with Gasteiger partial charge in [0.2, 0.25) is 8.87 Å². The third kappa shape index (κ3) is 3.53. The number of benzene rings is 1. The van der Waals surface area contributed by atoms with Crippen LogP contribution in [-0.2, 0) is 18.4 Å². The fraction of sp³-hybridized carbons (Fsp3) is 0.300. The molecule has 0 saturated carbocycles. The Morgan fingerprint density at radius 2 is 1.88 bits per heavy atom. The Bertz CT molecular complexity index is 462. The van der Waals surface area contributed by atoms with Gasteiger partial charge >= 0.3 is 5.97 Å². The number of methoxy groups -OCH3 is 1. The first-order valence-electron chi connectivity index (χ1n) is 4.48. The standard InChI is InChI=1S/C10H12O4S2/c1-8-3-5-9(6-4-8)16(12,13)15-7-10(11)14-2/h3-6H,7H2,1-2H3. The molecule has 88 valence electrons. The van der Waals surface area contributed by atoms with E-state index in [2.05, 4.69) is 4.74 Å². The highest BCUT2D eigenvalue weighted by Gasteiger charge is 2.17. The lowest BCUT2D eigenvalue weighted by atomic mass is 10.2. The van der Waals surface area contributed by atoms with E-state index in [0.717, 1.165) is 5.56 Å². The molecule has 0 fully saturated rings. The Hall–Kier alpha value is -1.01. The normalized spacial score (nSPS) is 11.1. The third-order valence-corrected chi connectivity index (χ3v) is 5.24. The van der Waals surface area contributed by atoms with E-state index in [1.165, 1.54) is 19.2 Å². The zero-order valence-corrected chi connectivity index (χ0v) is 10.6. The minimum absolute atomic E-state index is 0.201. The number of carbonyl (C=O) groups excluding carboxylic acids is 1. The van der Waals surface area contributed by atoms with E-state index >= 15 is 0 Å². The molecular weight excluding hydrogens is 248 g/mol. The molecule has 0 saturated heterocycles. The molecule has 4 nitrogen and oxygen atoms in total. The molecule has 1 rings (SSSR count). The summed E-state index contributed by atoms with van der Waals surface area (Å²) < 4.78 is 27.8. The summed E-state index contributed by atoms with van der Waals surface area (Å²) >= 11 is 0. The number of ether oxygens (including phenoxy) is 1. The molecule has 0 aliphatic carbocycles. The molecular formula is C10H12O4S2. The SMILES string of the molecule is COC(=O)CSS(=O)(=O)c1ccc(C)cc1. The van der Waals surface area contributed by atoms with Crippen molar-refractivity contribution in [1.29, 1.82) is 0 Å². The molecule has 0 N–H and O–H groups in total. The van der Waals surface area contributed by atoms with Crippen molar-refractivity contribution in [3.8, 4) is 0 Å². The van der Waals surface area contributed by atoms with Crippen LogP contribution < -0.4 is 0 Å². The van der Waals surface area contributed by atoms with Gasteiger partial charge in [0.25, 0.3) is 0 Å². The van der Waals surface area contributed by atoms with Gasteiger partial charge in [0.15, 0.2) is 0 Å². The van der Waals surface area contributed by atoms with Gasteiger partial charge in [0.1, 0.15) is 5.75 Å². The second-order valence-electron chi connectivity index (χ2n) is 3.11. The van der Waals surface area contributed by atoms with Crippen molar-refractivity contribution in [2.75, 3.05) is 12.9 Å². The maximum atomic E-state index is 11.7. The average molecular weight is 260 g/mol. The molecule has 0 heterocycles. The first-order valence-corrected chi connectivity index (χ1v) is 7.47. The Morgan fingerprint density at radius 1 is 1.31 bits per heavy atom. The van der Waals surface area contributed by atoms with Gasteiger partial charge < -0.3 is 4.74 Å². The predicted octanol–water partition coefficient (Wildman–Crippen LogP) is 1.59. The molecule has 16 heavy (non-hydrogen) atoms. The van der Waals surface area contributed by atoms with Crippen molar-refractivity contribution in [3.63, 3.8) is 0 Å². The lowest BCUT2D eigenvalue weighted by Gasteiger charge is -2.03. The van der Waals surface area contributed by atoms with E-state index in [1.807, 2.05) is 6.92 Å². The van der Waals surface area contributed by atoms with Gasteiger partial charge in [0, 0.05) is 0 Å². The van der Waals surface area contributed by atoms with Crippen LogP contribution in [0.2, 0.25) is 0 Å². The fourth-order valence-electron chi connectivity index (χ4n) is 0.958. The van der Waals surface area contributed by atoms with Crippen LogP contribution in [0.1, 0.15) is 5.56 Å². The maximum Gasteiger partial charge on any atom is 0.316 e. The van der Waals surface area contributed by atoms with Gasteiger partial charge in [-0.05, 0) is 29.9 Å². The highest BCUT2D eigenvalue weighted by atomic mass is 33.1. The summed E-state index contributed by atoms with van der Waals surface area (Å²) in [5, 5.41) is 0. The quantitative estimate of drug-likeness (QED) is 0.607. The molecule has 0 unspecified atom stereocenters. The summed E-state index contributed by atoms with van der Waals surface area (Å²) in [7, 11) is -1.67. The van der Waals surface area contributed by atoms with Gasteiger partial charge in [-0.15, -0.1) is 0 Å². The van der Waals surface area contributed by atoms with Crippen LogP contribution in [0.25, 0.3) is 0 Å². The van der Waals surface area contributed by atoms with Crippen molar-refractivity contribution in [3.05, 3.63) is 29.8 Å². The average Bonchev–Trinajstić information content (AvgIpc) is 2.26. The zero-order chi connectivity index (χ0) is 12.2. The Kier molecular flexibility index (Phi) is 4.37. The summed E-state index contributed by atoms with van der Waals surface area (Å²) in [5.74, 6) is -0.757. The number of esters is 1. The molecule has 0 amide bonds. The number of hydrogen-bond acceptors (Lipinski definition) is 5. The Labute approximate surface area is 98.3 Å². The summed E-state index contributed by atoms with van der Waals surface area (Å²) in [5.41, 5.74) is 0.983. The second kappa shape index (κ2) is 5.36. The monoisotopic (exact) mass is 260 g/mol. The van der Waals surface area contributed by atoms with E-state index in [-0.39, 0.29) is 10.6 Å². The van der Waals surface area contributed by atoms with Crippen LogP contribution in [0.15, 0.2) is 29.2 Å². The topological polar surface area (TPSA) is 60.4 Å². The van der Waals surface area contributed by atoms with E-state index in [0.29, 0.717) is 10.8 Å². The molecule has 0 aromatic heterocycles. The maximum absolute atomic E-state index is 11.7. The van der Waals surface area contributed by atoms with Crippen LogP contribution >= 0.6 is 10.8 Å². The van der Waals surface area contributed by atoms with Crippen LogP contribution in [0.5, 0.6) is 0 Å². The fourth-order valence-corrected chi connectivity index (χ4v) is 3.43. The van der Waals surface area contributed by atoms with Crippen molar-refractivity contribution >= 4 is 25.6 Å². The lowest BCUT2D eigenvalue weighted by Crippen LogP contribution is -2.06. The van der Waals surface area contributed by atoms with E-state index in [1.54, 1.807) is 12.1 Å². The molecule has 0 aliphatic heterocycles. The Morgan fingerprint density at radius 3 is 2.38 bits per heavy atom. The summed E-state index contributed by atoms with van der Waals surface area (Å²) in [4.78, 5) is 11.0.